The molecule has 1 saturated carbocycles. The Morgan fingerprint density at radius 1 is 0.854 bits per heavy atom. The van der Waals surface area contributed by atoms with Crippen LogP contribution >= 0.6 is 0 Å². The zero-order chi connectivity index (χ0) is 27.9. The minimum Gasteiger partial charge on any atom is -0.367 e. The monoisotopic (exact) mass is 548 g/mol. The topological polar surface area (TPSA) is 90.0 Å². The summed E-state index contributed by atoms with van der Waals surface area (Å²) in [6, 6.07) is 21.3. The molecule has 2 N–H and O–H groups in total. The van der Waals surface area contributed by atoms with Crippen molar-refractivity contribution in [2.24, 2.45) is 0 Å². The number of aromatic nitrogens is 4. The first-order chi connectivity index (χ1) is 20.1. The van der Waals surface area contributed by atoms with Crippen molar-refractivity contribution in [1.29, 1.82) is 0 Å². The summed E-state index contributed by atoms with van der Waals surface area (Å²) in [5, 5.41) is 0. The van der Waals surface area contributed by atoms with Crippen LogP contribution < -0.4 is 16.0 Å². The van der Waals surface area contributed by atoms with Crippen molar-refractivity contribution < 1.29 is 0 Å². The third-order valence-corrected chi connectivity index (χ3v) is 8.92. The average Bonchev–Trinajstić information content (AvgIpc) is 3.69. The van der Waals surface area contributed by atoms with Gasteiger partial charge in [-0.25, -0.2) is 4.98 Å². The van der Waals surface area contributed by atoms with Gasteiger partial charge in [-0.05, 0) is 54.7 Å². The van der Waals surface area contributed by atoms with Crippen molar-refractivity contribution in [3.05, 3.63) is 92.5 Å². The molecule has 3 heterocycles. The first kappa shape index (κ1) is 25.8. The summed E-state index contributed by atoms with van der Waals surface area (Å²) in [6.07, 6.45) is 5.16. The van der Waals surface area contributed by atoms with E-state index in [0.29, 0.717) is 0 Å². The van der Waals surface area contributed by atoms with Gasteiger partial charge < -0.3 is 14.9 Å². The molecule has 0 bridgehead atoms. The molecule has 0 spiro atoms. The van der Waals surface area contributed by atoms with E-state index in [0.717, 1.165) is 104 Å². The molecule has 7 rings (SSSR count). The number of nitrogens with one attached hydrogen (secondary N) is 2. The number of anilines is 1. The Labute approximate surface area is 238 Å². The van der Waals surface area contributed by atoms with Gasteiger partial charge in [0.05, 0.1) is 22.2 Å². The molecule has 3 aromatic carbocycles. The van der Waals surface area contributed by atoms with E-state index in [1.54, 1.807) is 4.57 Å². The number of H-pyrrole nitrogens is 2. The summed E-state index contributed by atoms with van der Waals surface area (Å²) < 4.78 is 1.76. The molecule has 5 aromatic rings. The van der Waals surface area contributed by atoms with Crippen molar-refractivity contribution in [3.8, 4) is 11.4 Å². The van der Waals surface area contributed by atoms with Crippen LogP contribution in [-0.4, -0.2) is 50.6 Å². The molecule has 41 heavy (non-hydrogen) atoms. The van der Waals surface area contributed by atoms with Crippen molar-refractivity contribution in [3.63, 3.8) is 0 Å². The third kappa shape index (κ3) is 4.86. The number of piperazine rings is 1. The van der Waals surface area contributed by atoms with Gasteiger partial charge in [-0.1, -0.05) is 56.2 Å². The molecule has 0 unspecified atom stereocenters. The Hall–Kier alpha value is -4.17. The Morgan fingerprint density at radius 2 is 1.61 bits per heavy atom. The van der Waals surface area contributed by atoms with Gasteiger partial charge in [0.1, 0.15) is 11.3 Å². The molecule has 0 atom stereocenters. The van der Waals surface area contributed by atoms with Crippen molar-refractivity contribution in [2.45, 2.75) is 51.6 Å². The van der Waals surface area contributed by atoms with Gasteiger partial charge in [-0.15, -0.1) is 0 Å². The van der Waals surface area contributed by atoms with Crippen LogP contribution in [0.15, 0.2) is 70.3 Å². The van der Waals surface area contributed by atoms with Crippen LogP contribution in [-0.2, 0) is 13.0 Å². The zero-order valence-electron chi connectivity index (χ0n) is 23.5. The quantitative estimate of drug-likeness (QED) is 0.284. The van der Waals surface area contributed by atoms with E-state index in [1.807, 2.05) is 6.07 Å². The fourth-order valence-electron chi connectivity index (χ4n) is 6.61. The largest absolute Gasteiger partial charge is 0.367 e. The van der Waals surface area contributed by atoms with Gasteiger partial charge in [0.15, 0.2) is 0 Å². The summed E-state index contributed by atoms with van der Waals surface area (Å²) >= 11 is 0. The van der Waals surface area contributed by atoms with Crippen LogP contribution in [0.3, 0.4) is 0 Å². The molecule has 2 aliphatic rings. The maximum absolute atomic E-state index is 12.8. The number of rotatable bonds is 6. The molecule has 0 amide bonds. The number of fused-ring (bicyclic) bond motifs is 2. The average molecular weight is 549 g/mol. The van der Waals surface area contributed by atoms with Gasteiger partial charge in [-0.3, -0.25) is 19.1 Å². The number of nitrogens with zero attached hydrogens (tertiary/aromatic N) is 4. The summed E-state index contributed by atoms with van der Waals surface area (Å²) in [5.74, 6) is 0.905. The van der Waals surface area contributed by atoms with Crippen molar-refractivity contribution in [2.75, 3.05) is 31.1 Å². The smallest absolute Gasteiger partial charge is 0.316 e. The van der Waals surface area contributed by atoms with Crippen LogP contribution in [0.2, 0.25) is 0 Å². The van der Waals surface area contributed by atoms with Crippen LogP contribution in [0.4, 0.5) is 5.69 Å². The minimum atomic E-state index is -0.526. The van der Waals surface area contributed by atoms with E-state index in [9.17, 15) is 9.59 Å². The van der Waals surface area contributed by atoms with Crippen LogP contribution in [0, 0.1) is 0 Å². The highest BCUT2D eigenvalue weighted by Crippen LogP contribution is 2.31. The number of para-hydroxylation sites is 1. The van der Waals surface area contributed by atoms with Gasteiger partial charge in [0.2, 0.25) is 0 Å². The van der Waals surface area contributed by atoms with Gasteiger partial charge in [0.25, 0.3) is 0 Å². The highest BCUT2D eigenvalue weighted by molar-refractivity contribution is 5.91. The molecule has 210 valence electrons. The SMILES string of the molecule is CCc1ccc(-c2nc3c(N4CCN(Cc5ccc6[nH]c(=O)c(=O)n(C7CCCC7)c6c5)CC4)cccc3[nH]2)cc1. The summed E-state index contributed by atoms with van der Waals surface area (Å²) in [7, 11) is 0. The van der Waals surface area contributed by atoms with E-state index in [2.05, 4.69) is 81.3 Å². The van der Waals surface area contributed by atoms with Gasteiger partial charge >= 0.3 is 11.1 Å². The summed E-state index contributed by atoms with van der Waals surface area (Å²) in [6.45, 7) is 6.69. The number of benzene rings is 3. The number of hydrogen-bond donors (Lipinski definition) is 2. The van der Waals surface area contributed by atoms with Crippen LogP contribution in [0.25, 0.3) is 33.5 Å². The van der Waals surface area contributed by atoms with Crippen LogP contribution in [0.1, 0.15) is 49.8 Å². The molecule has 1 saturated heterocycles. The predicted octanol–water partition coefficient (Wildman–Crippen LogP) is 5.23. The lowest BCUT2D eigenvalue weighted by Gasteiger charge is -2.36. The maximum atomic E-state index is 12.8. The molecular formula is C33H36N6O2. The second kappa shape index (κ2) is 10.7. The molecule has 1 aliphatic carbocycles. The predicted molar refractivity (Wildman–Crippen MR) is 165 cm³/mol. The Balaban J connectivity index is 1.09. The third-order valence-electron chi connectivity index (χ3n) is 8.92. The number of aryl methyl sites for hydroxylation is 1. The van der Waals surface area contributed by atoms with E-state index in [-0.39, 0.29) is 6.04 Å². The first-order valence-corrected chi connectivity index (χ1v) is 14.9. The van der Waals surface area contributed by atoms with E-state index in [4.69, 9.17) is 4.98 Å². The van der Waals surface area contributed by atoms with Gasteiger partial charge in [0, 0.05) is 44.3 Å². The zero-order valence-corrected chi connectivity index (χ0v) is 23.5. The minimum absolute atomic E-state index is 0.118. The lowest BCUT2D eigenvalue weighted by atomic mass is 10.1. The molecule has 0 radical (unpaired) electrons. The second-order valence-electron chi connectivity index (χ2n) is 11.5. The summed E-state index contributed by atoms with van der Waals surface area (Å²) in [4.78, 5) is 41.4. The first-order valence-electron chi connectivity index (χ1n) is 14.9. The fraction of sp³-hybridized carbons (Fsp3) is 0.364. The second-order valence-corrected chi connectivity index (χ2v) is 11.5. The summed E-state index contributed by atoms with van der Waals surface area (Å²) in [5.41, 5.74) is 7.47. The molecular weight excluding hydrogens is 512 g/mol. The number of hydrogen-bond acceptors (Lipinski definition) is 5. The van der Waals surface area contributed by atoms with Gasteiger partial charge in [-0.2, -0.15) is 0 Å². The number of aromatic amines is 2. The Bertz CT molecular complexity index is 1820. The lowest BCUT2D eigenvalue weighted by molar-refractivity contribution is 0.250. The normalized spacial score (nSPS) is 16.8. The van der Waals surface area contributed by atoms with Crippen molar-refractivity contribution in [1.82, 2.24) is 24.4 Å². The maximum Gasteiger partial charge on any atom is 0.316 e. The molecule has 1 aliphatic heterocycles. The standard InChI is InChI=1S/C33H36N6O2/c1-2-22-10-13-24(14-11-22)31-34-27-8-5-9-28(30(27)36-31)38-18-16-37(17-19-38)21-23-12-15-26-29(20-23)39(25-6-3-4-7-25)33(41)32(40)35-26/h5,8-15,20,25H,2-4,6-7,16-19,21H2,1H3,(H,34,36)(H,35,40). The Kier molecular flexibility index (Phi) is 6.71. The molecule has 8 heteroatoms. The molecule has 8 nitrogen and oxygen atoms in total. The highest BCUT2D eigenvalue weighted by Gasteiger charge is 2.23. The Morgan fingerprint density at radius 3 is 2.37 bits per heavy atom. The highest BCUT2D eigenvalue weighted by atomic mass is 16.2. The van der Waals surface area contributed by atoms with E-state index >= 15 is 0 Å². The molecule has 2 aromatic heterocycles. The lowest BCUT2D eigenvalue weighted by Crippen LogP contribution is -2.46. The van der Waals surface area contributed by atoms with E-state index < -0.39 is 11.1 Å². The molecule has 2 fully saturated rings. The van der Waals surface area contributed by atoms with Crippen LogP contribution in [0.5, 0.6) is 0 Å². The van der Waals surface area contributed by atoms with Crippen molar-refractivity contribution >= 4 is 27.8 Å². The number of imidazole rings is 1. The van der Waals surface area contributed by atoms with E-state index in [1.165, 1.54) is 11.3 Å². The fourth-order valence-corrected chi connectivity index (χ4v) is 6.61.